The number of thiazole rings is 1. The molecule has 1 aliphatic rings. The lowest BCUT2D eigenvalue weighted by molar-refractivity contribution is -0.147. The number of rotatable bonds is 20. The number of nitrogens with zero attached hydrogens (tertiary/aromatic N) is 2. The Balaban J connectivity index is 1.22. The van der Waals surface area contributed by atoms with Crippen LogP contribution in [0.3, 0.4) is 0 Å². The predicted octanol–water partition coefficient (Wildman–Crippen LogP) is 8.10. The van der Waals surface area contributed by atoms with Crippen LogP contribution < -0.4 is 10.6 Å². The molecule has 4 aromatic rings. The van der Waals surface area contributed by atoms with Crippen molar-refractivity contribution in [3.63, 3.8) is 0 Å². The van der Waals surface area contributed by atoms with Crippen molar-refractivity contribution < 1.29 is 33.8 Å². The minimum Gasteiger partial charge on any atom is -0.461 e. The van der Waals surface area contributed by atoms with Crippen molar-refractivity contribution in [1.29, 1.82) is 0 Å². The summed E-state index contributed by atoms with van der Waals surface area (Å²) in [6.07, 6.45) is 1.42. The molecule has 0 radical (unpaired) electrons. The van der Waals surface area contributed by atoms with Crippen LogP contribution in [0.5, 0.6) is 0 Å². The molecule has 5 rings (SSSR count). The van der Waals surface area contributed by atoms with E-state index in [0.29, 0.717) is 24.3 Å². The van der Waals surface area contributed by atoms with Crippen LogP contribution in [-0.2, 0) is 25.5 Å². The minimum absolute atomic E-state index is 0.0627. The Morgan fingerprint density at radius 1 is 0.898 bits per heavy atom. The van der Waals surface area contributed by atoms with E-state index in [2.05, 4.69) is 46.5 Å². The predicted molar refractivity (Wildman–Crippen MR) is 231 cm³/mol. The molecule has 6 atom stereocenters. The molecule has 0 unspecified atom stereocenters. The average Bonchev–Trinajstić information content (AvgIpc) is 3.86. The number of esters is 1. The zero-order chi connectivity index (χ0) is 42.6. The summed E-state index contributed by atoms with van der Waals surface area (Å²) in [5.74, 6) is -1.93. The first-order valence-corrected chi connectivity index (χ1v) is 21.3. The largest absolute Gasteiger partial charge is 0.461 e. The number of aliphatic hydroxyl groups excluding tert-OH is 1. The summed E-state index contributed by atoms with van der Waals surface area (Å²) >= 11 is 1.17. The van der Waals surface area contributed by atoms with E-state index in [4.69, 9.17) is 9.47 Å². The lowest BCUT2D eigenvalue weighted by Gasteiger charge is -2.36. The number of nitrogens with one attached hydrogen (secondary N) is 2. The lowest BCUT2D eigenvalue weighted by Crippen LogP contribution is -2.54. The van der Waals surface area contributed by atoms with Crippen LogP contribution in [0.2, 0.25) is 0 Å². The third kappa shape index (κ3) is 11.5. The van der Waals surface area contributed by atoms with E-state index in [0.717, 1.165) is 27.8 Å². The van der Waals surface area contributed by atoms with E-state index in [1.807, 2.05) is 82.3 Å². The van der Waals surface area contributed by atoms with Crippen LogP contribution in [0, 0.1) is 17.8 Å². The summed E-state index contributed by atoms with van der Waals surface area (Å²) < 4.78 is 11.1. The summed E-state index contributed by atoms with van der Waals surface area (Å²) in [5.41, 5.74) is 5.61. The maximum atomic E-state index is 14.2. The number of amides is 3. The van der Waals surface area contributed by atoms with E-state index >= 15 is 0 Å². The zero-order valence-corrected chi connectivity index (χ0v) is 35.7. The van der Waals surface area contributed by atoms with Crippen LogP contribution >= 0.6 is 11.3 Å². The second-order valence-electron chi connectivity index (χ2n) is 15.8. The Morgan fingerprint density at radius 2 is 1.53 bits per heavy atom. The van der Waals surface area contributed by atoms with Gasteiger partial charge in [0.25, 0.3) is 5.91 Å². The number of ether oxygens (including phenoxy) is 2. The van der Waals surface area contributed by atoms with Gasteiger partial charge in [-0.15, -0.1) is 11.3 Å². The molecule has 0 spiro atoms. The number of aromatic nitrogens is 1. The average molecular weight is 823 g/mol. The molecule has 59 heavy (non-hydrogen) atoms. The summed E-state index contributed by atoms with van der Waals surface area (Å²) in [6, 6.07) is 24.3. The van der Waals surface area contributed by atoms with Gasteiger partial charge >= 0.3 is 12.1 Å². The molecule has 0 fully saturated rings. The number of hydrogen-bond acceptors (Lipinski definition) is 9. The molecule has 1 aliphatic carbocycles. The molecule has 3 amide bonds. The van der Waals surface area contributed by atoms with Gasteiger partial charge < -0.3 is 30.1 Å². The van der Waals surface area contributed by atoms with E-state index in [9.17, 15) is 24.3 Å². The fourth-order valence-electron chi connectivity index (χ4n) is 7.74. The van der Waals surface area contributed by atoms with Gasteiger partial charge in [-0.25, -0.2) is 9.78 Å². The topological polar surface area (TPSA) is 147 Å². The van der Waals surface area contributed by atoms with Crippen LogP contribution in [0.15, 0.2) is 96.9 Å². The van der Waals surface area contributed by atoms with Crippen molar-refractivity contribution in [3.05, 3.63) is 124 Å². The summed E-state index contributed by atoms with van der Waals surface area (Å²) in [5, 5.41) is 19.3. The molecule has 11 nitrogen and oxygen atoms in total. The Hall–Kier alpha value is -5.33. The normalized spacial score (nSPS) is 15.1. The van der Waals surface area contributed by atoms with Crippen molar-refractivity contribution in [2.45, 2.75) is 90.4 Å². The number of carbonyl (C=O) groups is 4. The van der Waals surface area contributed by atoms with Gasteiger partial charge in [-0.05, 0) is 52.5 Å². The van der Waals surface area contributed by atoms with Crippen molar-refractivity contribution in [3.8, 4) is 11.1 Å². The third-order valence-electron chi connectivity index (χ3n) is 11.3. The highest BCUT2D eigenvalue weighted by Gasteiger charge is 2.36. The zero-order valence-electron chi connectivity index (χ0n) is 34.9. The van der Waals surface area contributed by atoms with E-state index in [-0.39, 0.29) is 55.0 Å². The van der Waals surface area contributed by atoms with Gasteiger partial charge in [-0.1, -0.05) is 133 Å². The molecule has 1 heterocycles. The number of hydrogen-bond donors (Lipinski definition) is 3. The van der Waals surface area contributed by atoms with Gasteiger partial charge in [0.05, 0.1) is 5.92 Å². The van der Waals surface area contributed by atoms with Crippen molar-refractivity contribution >= 4 is 35.2 Å². The number of fused-ring (bicyclic) bond motifs is 3. The van der Waals surface area contributed by atoms with Crippen LogP contribution in [0.1, 0.15) is 98.1 Å². The van der Waals surface area contributed by atoms with Crippen molar-refractivity contribution in [1.82, 2.24) is 20.5 Å². The van der Waals surface area contributed by atoms with Crippen LogP contribution in [0.4, 0.5) is 4.79 Å². The van der Waals surface area contributed by atoms with Gasteiger partial charge in [0.2, 0.25) is 5.91 Å². The number of alkyl carbamates (subject to hydrolysis) is 1. The minimum atomic E-state index is -1.07. The first-order valence-electron chi connectivity index (χ1n) is 20.5. The van der Waals surface area contributed by atoms with Crippen LogP contribution in [-0.4, -0.2) is 77.3 Å². The molecule has 0 saturated carbocycles. The second-order valence-corrected chi connectivity index (χ2v) is 16.7. The highest BCUT2D eigenvalue weighted by molar-refractivity contribution is 7.09. The number of aliphatic hydroxyl groups is 1. The Morgan fingerprint density at radius 3 is 2.14 bits per heavy atom. The molecule has 0 saturated heterocycles. The first kappa shape index (κ1) is 44.8. The Kier molecular flexibility index (Phi) is 16.0. The molecule has 3 N–H and O–H groups in total. The fraction of sp³-hybridized carbons (Fsp3) is 0.426. The van der Waals surface area contributed by atoms with E-state index < -0.39 is 42.1 Å². The Labute approximate surface area is 352 Å². The van der Waals surface area contributed by atoms with Gasteiger partial charge in [0, 0.05) is 36.9 Å². The Bertz CT molecular complexity index is 2010. The molecular formula is C47H58N4O7S. The maximum absolute atomic E-state index is 14.2. The summed E-state index contributed by atoms with van der Waals surface area (Å²) in [7, 11) is 1.69. The monoisotopic (exact) mass is 822 g/mol. The second kappa shape index (κ2) is 21.1. The lowest BCUT2D eigenvalue weighted by atomic mass is 9.93. The molecule has 3 aromatic carbocycles. The molecule has 0 aliphatic heterocycles. The highest BCUT2D eigenvalue weighted by Crippen LogP contribution is 2.44. The summed E-state index contributed by atoms with van der Waals surface area (Å²) in [4.78, 5) is 59.8. The molecule has 0 bridgehead atoms. The van der Waals surface area contributed by atoms with Gasteiger partial charge in [0.15, 0.2) is 0 Å². The van der Waals surface area contributed by atoms with Gasteiger partial charge in [-0.3, -0.25) is 14.4 Å². The fourth-order valence-corrected chi connectivity index (χ4v) is 8.54. The molecule has 12 heteroatoms. The quantitative estimate of drug-likeness (QED) is 0.0599. The van der Waals surface area contributed by atoms with Crippen molar-refractivity contribution in [2.24, 2.45) is 17.8 Å². The molecular weight excluding hydrogens is 765 g/mol. The first-order chi connectivity index (χ1) is 28.3. The van der Waals surface area contributed by atoms with Gasteiger partial charge in [-0.2, -0.15) is 0 Å². The smallest absolute Gasteiger partial charge is 0.407 e. The van der Waals surface area contributed by atoms with Gasteiger partial charge in [0.1, 0.15) is 36.1 Å². The molecule has 314 valence electrons. The van der Waals surface area contributed by atoms with Crippen LogP contribution in [0.25, 0.3) is 11.1 Å². The number of benzene rings is 3. The SMILES string of the molecule is C=CCOC(=O)[C@@H](C)C[C@H](Cc1ccccc1)NC(=O)c1csc([C@H](O)C[C@H](C(C)C)N(C)C(=O)[C@@H](NC(=O)OCC2c3ccccc3-c3ccccc32)[C@@H](C)CC)n1. The number of likely N-dealkylation sites (N-methyl/N-ethyl adjacent to an activating group) is 1. The van der Waals surface area contributed by atoms with E-state index in [1.165, 1.54) is 17.4 Å². The van der Waals surface area contributed by atoms with Crippen molar-refractivity contribution in [2.75, 3.05) is 20.3 Å². The highest BCUT2D eigenvalue weighted by atomic mass is 32.1. The summed E-state index contributed by atoms with van der Waals surface area (Å²) in [6.45, 7) is 13.4. The third-order valence-corrected chi connectivity index (χ3v) is 12.2. The number of carbonyl (C=O) groups excluding carboxylic acids is 4. The standard InChI is InChI=1S/C47H58N4O7S/c1-8-23-57-46(55)31(6)24-33(25-32-17-11-10-12-18-32)48-43(53)39-28-59-44(49-39)41(52)26-40(29(3)4)51(7)45(54)42(30(5)9-2)50-47(56)58-27-38-36-21-15-13-19-34(36)35-20-14-16-22-37(35)38/h8,10-22,28-31,33,38,40-42,52H,1,9,23-27H2,2-7H3,(H,48,53)(H,50,56)/t30-,31-,33+,40+,41+,42-/m0/s1. The van der Waals surface area contributed by atoms with E-state index in [1.54, 1.807) is 24.3 Å². The molecule has 1 aromatic heterocycles. The maximum Gasteiger partial charge on any atom is 0.407 e.